The van der Waals surface area contributed by atoms with Crippen molar-refractivity contribution in [2.24, 2.45) is 0 Å². The number of nitrogens with one attached hydrogen (secondary N) is 1. The van der Waals surface area contributed by atoms with Crippen molar-refractivity contribution in [3.8, 4) is 6.07 Å². The molecule has 0 radical (unpaired) electrons. The minimum Gasteiger partial charge on any atom is -0.399 e. The average molecular weight is 347 g/mol. The van der Waals surface area contributed by atoms with Gasteiger partial charge in [0.25, 0.3) is 0 Å². The predicted octanol–water partition coefficient (Wildman–Crippen LogP) is 4.88. The van der Waals surface area contributed by atoms with Gasteiger partial charge >= 0.3 is 0 Å². The minimum absolute atomic E-state index is 0.0166. The van der Waals surface area contributed by atoms with E-state index < -0.39 is 5.82 Å². The summed E-state index contributed by atoms with van der Waals surface area (Å²) in [5.74, 6) is -0.564. The van der Waals surface area contributed by atoms with Crippen molar-refractivity contribution in [3.63, 3.8) is 0 Å². The molecule has 0 amide bonds. The summed E-state index contributed by atoms with van der Waals surface area (Å²) in [4.78, 5) is 4.18. The average Bonchev–Trinajstić information content (AvgIpc) is 2.51. The van der Waals surface area contributed by atoms with Crippen LogP contribution in [0.5, 0.6) is 0 Å². The van der Waals surface area contributed by atoms with Gasteiger partial charge in [-0.05, 0) is 30.3 Å². The Labute approximate surface area is 141 Å². The molecule has 3 rings (SSSR count). The summed E-state index contributed by atoms with van der Waals surface area (Å²) in [5, 5.41) is 13.3. The number of nitrogens with zero attached hydrogens (tertiary/aromatic N) is 2. The molecule has 0 saturated carbocycles. The van der Waals surface area contributed by atoms with Crippen LogP contribution in [0.2, 0.25) is 10.0 Å². The maximum atomic E-state index is 13.6. The van der Waals surface area contributed by atoms with Gasteiger partial charge in [-0.25, -0.2) is 4.39 Å². The fourth-order valence-corrected chi connectivity index (χ4v) is 2.61. The number of aromatic nitrogens is 1. The maximum Gasteiger partial charge on any atom is 0.143 e. The fraction of sp³-hybridized carbons (Fsp3) is 0. The molecule has 0 fully saturated rings. The van der Waals surface area contributed by atoms with Crippen molar-refractivity contribution < 1.29 is 4.39 Å². The molecule has 3 aromatic rings. The monoisotopic (exact) mass is 346 g/mol. The van der Waals surface area contributed by atoms with Crippen molar-refractivity contribution >= 4 is 51.2 Å². The van der Waals surface area contributed by atoms with Gasteiger partial charge in [0.05, 0.1) is 26.8 Å². The molecule has 0 unspecified atom stereocenters. The molecule has 23 heavy (non-hydrogen) atoms. The van der Waals surface area contributed by atoms with Crippen molar-refractivity contribution in [2.75, 3.05) is 11.1 Å². The molecular formula is C16H9Cl2FN4. The quantitative estimate of drug-likeness (QED) is 0.648. The molecule has 0 spiro atoms. The third kappa shape index (κ3) is 2.87. The van der Waals surface area contributed by atoms with E-state index in [1.165, 1.54) is 18.3 Å². The summed E-state index contributed by atoms with van der Waals surface area (Å²) >= 11 is 11.8. The topological polar surface area (TPSA) is 74.7 Å². The maximum absolute atomic E-state index is 13.6. The van der Waals surface area contributed by atoms with Crippen molar-refractivity contribution in [3.05, 3.63) is 58.0 Å². The van der Waals surface area contributed by atoms with Gasteiger partial charge in [-0.2, -0.15) is 5.26 Å². The van der Waals surface area contributed by atoms with E-state index in [2.05, 4.69) is 10.3 Å². The Morgan fingerprint density at radius 2 is 1.96 bits per heavy atom. The molecule has 4 nitrogen and oxygen atoms in total. The Kier molecular flexibility index (Phi) is 3.95. The van der Waals surface area contributed by atoms with E-state index >= 15 is 0 Å². The first-order valence-electron chi connectivity index (χ1n) is 6.49. The number of halogens is 3. The third-order valence-corrected chi connectivity index (χ3v) is 3.85. The van der Waals surface area contributed by atoms with Crippen LogP contribution in [0, 0.1) is 17.1 Å². The fourth-order valence-electron chi connectivity index (χ4n) is 2.22. The SMILES string of the molecule is N#Cc1cnc2c(Cl)cc(N)cc2c1Nc1ccc(Cl)c(F)c1. The van der Waals surface area contributed by atoms with Crippen LogP contribution < -0.4 is 11.1 Å². The van der Waals surface area contributed by atoms with Crippen molar-refractivity contribution in [2.45, 2.75) is 0 Å². The van der Waals surface area contributed by atoms with Crippen LogP contribution in [0.1, 0.15) is 5.56 Å². The Morgan fingerprint density at radius 1 is 1.17 bits per heavy atom. The lowest BCUT2D eigenvalue weighted by atomic mass is 10.1. The van der Waals surface area contributed by atoms with Crippen LogP contribution in [0.25, 0.3) is 10.9 Å². The van der Waals surface area contributed by atoms with Crippen LogP contribution in [-0.4, -0.2) is 4.98 Å². The number of anilines is 3. The largest absolute Gasteiger partial charge is 0.399 e. The highest BCUT2D eigenvalue weighted by atomic mass is 35.5. The summed E-state index contributed by atoms with van der Waals surface area (Å²) in [6, 6.07) is 9.55. The highest BCUT2D eigenvalue weighted by Gasteiger charge is 2.13. The van der Waals surface area contributed by atoms with Crippen LogP contribution in [0.3, 0.4) is 0 Å². The molecule has 7 heteroatoms. The Bertz CT molecular complexity index is 966. The van der Waals surface area contributed by atoms with Crippen molar-refractivity contribution in [1.82, 2.24) is 4.98 Å². The Hall–Kier alpha value is -2.55. The van der Waals surface area contributed by atoms with Gasteiger partial charge in [0.2, 0.25) is 0 Å². The summed E-state index contributed by atoms with van der Waals surface area (Å²) in [6.07, 6.45) is 1.40. The predicted molar refractivity (Wildman–Crippen MR) is 90.6 cm³/mol. The third-order valence-electron chi connectivity index (χ3n) is 3.26. The van der Waals surface area contributed by atoms with Gasteiger partial charge in [-0.3, -0.25) is 4.98 Å². The number of nitriles is 1. The zero-order chi connectivity index (χ0) is 16.6. The number of fused-ring (bicyclic) bond motifs is 1. The molecule has 1 heterocycles. The lowest BCUT2D eigenvalue weighted by Crippen LogP contribution is -1.98. The van der Waals surface area contributed by atoms with Gasteiger partial charge in [-0.1, -0.05) is 23.2 Å². The van der Waals surface area contributed by atoms with E-state index in [0.717, 1.165) is 0 Å². The number of benzene rings is 2. The zero-order valence-electron chi connectivity index (χ0n) is 11.6. The molecule has 0 aliphatic rings. The number of nitrogen functional groups attached to an aromatic ring is 1. The lowest BCUT2D eigenvalue weighted by molar-refractivity contribution is 0.629. The molecule has 0 aliphatic carbocycles. The van der Waals surface area contributed by atoms with E-state index in [4.69, 9.17) is 28.9 Å². The zero-order valence-corrected chi connectivity index (χ0v) is 13.1. The first-order valence-corrected chi connectivity index (χ1v) is 7.25. The lowest BCUT2D eigenvalue weighted by Gasteiger charge is -2.13. The molecule has 2 aromatic carbocycles. The van der Waals surface area contributed by atoms with Gasteiger partial charge < -0.3 is 11.1 Å². The molecule has 0 atom stereocenters. The van der Waals surface area contributed by atoms with Crippen molar-refractivity contribution in [1.29, 1.82) is 5.26 Å². The Balaban J connectivity index is 2.22. The Morgan fingerprint density at radius 3 is 2.65 bits per heavy atom. The standard InChI is InChI=1S/C16H9Cl2FN4/c17-12-2-1-10(5-14(12)19)23-15-8(6-20)7-22-16-11(15)3-9(21)4-13(16)18/h1-5,7H,21H2,(H,22,23). The van der Waals surface area contributed by atoms with Gasteiger partial charge in [0.15, 0.2) is 0 Å². The second kappa shape index (κ2) is 5.92. The smallest absolute Gasteiger partial charge is 0.143 e. The number of pyridine rings is 1. The highest BCUT2D eigenvalue weighted by Crippen LogP contribution is 2.34. The van der Waals surface area contributed by atoms with Crippen LogP contribution in [0.15, 0.2) is 36.5 Å². The second-order valence-electron chi connectivity index (χ2n) is 4.81. The van der Waals surface area contributed by atoms with E-state index in [1.54, 1.807) is 18.2 Å². The van der Waals surface area contributed by atoms with Crippen LogP contribution >= 0.6 is 23.2 Å². The van der Waals surface area contributed by atoms with Gasteiger partial charge in [-0.15, -0.1) is 0 Å². The van der Waals surface area contributed by atoms with Crippen LogP contribution in [-0.2, 0) is 0 Å². The summed E-state index contributed by atoms with van der Waals surface area (Å²) in [5.41, 5.74) is 7.93. The molecule has 1 aromatic heterocycles. The van der Waals surface area contributed by atoms with E-state index in [1.807, 2.05) is 6.07 Å². The number of hydrogen-bond acceptors (Lipinski definition) is 4. The number of nitrogens with two attached hydrogens (primary N) is 1. The van der Waals surface area contributed by atoms with E-state index in [9.17, 15) is 9.65 Å². The van der Waals surface area contributed by atoms with E-state index in [0.29, 0.717) is 33.0 Å². The summed E-state index contributed by atoms with van der Waals surface area (Å²) in [7, 11) is 0. The normalized spacial score (nSPS) is 10.5. The number of rotatable bonds is 2. The minimum atomic E-state index is -0.564. The molecule has 0 saturated heterocycles. The van der Waals surface area contributed by atoms with Gasteiger partial charge in [0, 0.05) is 23.0 Å². The number of hydrogen-bond donors (Lipinski definition) is 2. The van der Waals surface area contributed by atoms with E-state index in [-0.39, 0.29) is 10.6 Å². The first kappa shape index (κ1) is 15.3. The van der Waals surface area contributed by atoms with Crippen LogP contribution in [0.4, 0.5) is 21.5 Å². The first-order chi connectivity index (χ1) is 11.0. The molecule has 114 valence electrons. The molecule has 0 aliphatic heterocycles. The molecule has 3 N–H and O–H groups in total. The summed E-state index contributed by atoms with van der Waals surface area (Å²) < 4.78 is 13.6. The van der Waals surface area contributed by atoms with Gasteiger partial charge in [0.1, 0.15) is 11.9 Å². The molecule has 0 bridgehead atoms. The second-order valence-corrected chi connectivity index (χ2v) is 5.63. The molecular weight excluding hydrogens is 338 g/mol. The summed E-state index contributed by atoms with van der Waals surface area (Å²) in [6.45, 7) is 0. The highest BCUT2D eigenvalue weighted by molar-refractivity contribution is 6.35.